The highest BCUT2D eigenvalue weighted by Crippen LogP contribution is 2.28. The molecule has 7 heteroatoms. The van der Waals surface area contributed by atoms with Crippen molar-refractivity contribution in [1.29, 1.82) is 0 Å². The quantitative estimate of drug-likeness (QED) is 0.904. The molecular formula is C15H23F3N4. The first-order chi connectivity index (χ1) is 10.4. The summed E-state index contributed by atoms with van der Waals surface area (Å²) in [6.45, 7) is 9.96. The third-order valence-corrected chi connectivity index (χ3v) is 4.10. The lowest BCUT2D eigenvalue weighted by Gasteiger charge is -2.37. The Morgan fingerprint density at radius 3 is 2.50 bits per heavy atom. The number of likely N-dealkylation sites (N-methyl/N-ethyl adjacent to an activating group) is 1. The number of hydrogen-bond acceptors (Lipinski definition) is 4. The second-order valence-electron chi connectivity index (χ2n) is 5.61. The van der Waals surface area contributed by atoms with Gasteiger partial charge < -0.3 is 10.2 Å². The Labute approximate surface area is 129 Å². The molecule has 0 aromatic carbocycles. The van der Waals surface area contributed by atoms with Crippen molar-refractivity contribution in [2.45, 2.75) is 26.1 Å². The van der Waals surface area contributed by atoms with Gasteiger partial charge in [-0.2, -0.15) is 13.2 Å². The van der Waals surface area contributed by atoms with E-state index in [2.05, 4.69) is 33.9 Å². The molecule has 1 aliphatic heterocycles. The molecule has 0 aliphatic carbocycles. The van der Waals surface area contributed by atoms with Gasteiger partial charge >= 0.3 is 6.18 Å². The summed E-state index contributed by atoms with van der Waals surface area (Å²) in [5.74, 6) is 0.272. The smallest absolute Gasteiger partial charge is 0.368 e. The predicted octanol–water partition coefficient (Wildman–Crippen LogP) is 2.54. The lowest BCUT2D eigenvalue weighted by Crippen LogP contribution is -2.51. The normalized spacial score (nSPS) is 19.1. The first kappa shape index (κ1) is 17.0. The van der Waals surface area contributed by atoms with Gasteiger partial charge in [-0.3, -0.25) is 4.90 Å². The minimum atomic E-state index is -4.40. The fourth-order valence-corrected chi connectivity index (χ4v) is 2.59. The van der Waals surface area contributed by atoms with Crippen LogP contribution in [0.5, 0.6) is 0 Å². The van der Waals surface area contributed by atoms with Crippen LogP contribution >= 0.6 is 0 Å². The van der Waals surface area contributed by atoms with E-state index in [-0.39, 0.29) is 11.9 Å². The van der Waals surface area contributed by atoms with Crippen LogP contribution in [-0.4, -0.2) is 60.1 Å². The van der Waals surface area contributed by atoms with Crippen LogP contribution in [0.15, 0.2) is 18.2 Å². The molecule has 0 radical (unpaired) electrons. The van der Waals surface area contributed by atoms with Gasteiger partial charge in [0.05, 0.1) is 0 Å². The Hall–Kier alpha value is -1.34. The standard InChI is InChI=1S/C15H23F3N4/c1-3-21-7-9-22(10-8-21)12(2)11-19-14-6-4-5-13(20-14)15(16,17)18/h4-6,12H,3,7-11H2,1-2H3,(H,19,20)/t12-/m0/s1. The Kier molecular flexibility index (Phi) is 5.63. The zero-order valence-electron chi connectivity index (χ0n) is 13.0. The maximum absolute atomic E-state index is 12.6. The van der Waals surface area contributed by atoms with Gasteiger partial charge in [-0.25, -0.2) is 4.98 Å². The molecule has 1 fully saturated rings. The van der Waals surface area contributed by atoms with Gasteiger partial charge in [-0.05, 0) is 25.6 Å². The van der Waals surface area contributed by atoms with E-state index in [1.165, 1.54) is 6.07 Å². The summed E-state index contributed by atoms with van der Waals surface area (Å²) in [7, 11) is 0. The molecule has 0 bridgehead atoms. The highest BCUT2D eigenvalue weighted by Gasteiger charge is 2.32. The zero-order chi connectivity index (χ0) is 16.2. The van der Waals surface area contributed by atoms with Gasteiger partial charge in [-0.1, -0.05) is 13.0 Å². The third kappa shape index (κ3) is 4.58. The number of halogens is 3. The summed E-state index contributed by atoms with van der Waals surface area (Å²) in [4.78, 5) is 8.37. The van der Waals surface area contributed by atoms with Crippen molar-refractivity contribution in [2.75, 3.05) is 44.6 Å². The molecule has 1 aromatic rings. The Morgan fingerprint density at radius 1 is 1.23 bits per heavy atom. The fourth-order valence-electron chi connectivity index (χ4n) is 2.59. The zero-order valence-corrected chi connectivity index (χ0v) is 13.0. The van der Waals surface area contributed by atoms with E-state index in [1.54, 1.807) is 6.07 Å². The number of nitrogens with one attached hydrogen (secondary N) is 1. The number of alkyl halides is 3. The van der Waals surface area contributed by atoms with Crippen LogP contribution in [0.1, 0.15) is 19.5 Å². The molecule has 1 atom stereocenters. The lowest BCUT2D eigenvalue weighted by atomic mass is 10.2. The Morgan fingerprint density at radius 2 is 1.91 bits per heavy atom. The summed E-state index contributed by atoms with van der Waals surface area (Å²) in [5, 5.41) is 3.01. The maximum atomic E-state index is 12.6. The summed E-state index contributed by atoms with van der Waals surface area (Å²) in [5.41, 5.74) is -0.860. The molecule has 2 heterocycles. The van der Waals surface area contributed by atoms with Crippen LogP contribution < -0.4 is 5.32 Å². The van der Waals surface area contributed by atoms with Crippen LogP contribution in [0.4, 0.5) is 19.0 Å². The highest BCUT2D eigenvalue weighted by molar-refractivity contribution is 5.36. The van der Waals surface area contributed by atoms with Gasteiger partial charge in [0.25, 0.3) is 0 Å². The number of aromatic nitrogens is 1. The summed E-state index contributed by atoms with van der Waals surface area (Å²) < 4.78 is 37.9. The highest BCUT2D eigenvalue weighted by atomic mass is 19.4. The van der Waals surface area contributed by atoms with Gasteiger partial charge in [0.15, 0.2) is 0 Å². The van der Waals surface area contributed by atoms with Crippen LogP contribution in [0.25, 0.3) is 0 Å². The second-order valence-corrected chi connectivity index (χ2v) is 5.61. The van der Waals surface area contributed by atoms with Crippen molar-refractivity contribution >= 4 is 5.82 Å². The van der Waals surface area contributed by atoms with Crippen LogP contribution in [0.3, 0.4) is 0 Å². The molecule has 0 amide bonds. The van der Waals surface area contributed by atoms with Crippen molar-refractivity contribution in [1.82, 2.24) is 14.8 Å². The van der Waals surface area contributed by atoms with Crippen molar-refractivity contribution in [3.05, 3.63) is 23.9 Å². The molecule has 0 spiro atoms. The second kappa shape index (κ2) is 7.28. The SMILES string of the molecule is CCN1CCN([C@@H](C)CNc2cccc(C(F)(F)F)n2)CC1. The summed E-state index contributed by atoms with van der Waals surface area (Å²) >= 11 is 0. The van der Waals surface area contributed by atoms with Crippen molar-refractivity contribution in [2.24, 2.45) is 0 Å². The molecule has 0 unspecified atom stereocenters. The first-order valence-corrected chi connectivity index (χ1v) is 7.64. The fraction of sp³-hybridized carbons (Fsp3) is 0.667. The molecule has 1 N–H and O–H groups in total. The molecule has 1 saturated heterocycles. The van der Waals surface area contributed by atoms with Crippen molar-refractivity contribution in [3.8, 4) is 0 Å². The minimum absolute atomic E-state index is 0.260. The molecular weight excluding hydrogens is 293 g/mol. The Balaban J connectivity index is 1.85. The molecule has 0 saturated carbocycles. The number of nitrogens with zero attached hydrogens (tertiary/aromatic N) is 3. The lowest BCUT2D eigenvalue weighted by molar-refractivity contribution is -0.141. The third-order valence-electron chi connectivity index (χ3n) is 4.10. The summed E-state index contributed by atoms with van der Waals surface area (Å²) in [6.07, 6.45) is -4.40. The van der Waals surface area contributed by atoms with Crippen molar-refractivity contribution in [3.63, 3.8) is 0 Å². The van der Waals surface area contributed by atoms with E-state index in [9.17, 15) is 13.2 Å². The molecule has 4 nitrogen and oxygen atoms in total. The predicted molar refractivity (Wildman–Crippen MR) is 80.9 cm³/mol. The largest absolute Gasteiger partial charge is 0.433 e. The van der Waals surface area contributed by atoms with Crippen molar-refractivity contribution < 1.29 is 13.2 Å². The maximum Gasteiger partial charge on any atom is 0.433 e. The van der Waals surface area contributed by atoms with Crippen LogP contribution in [-0.2, 0) is 6.18 Å². The van der Waals surface area contributed by atoms with Gasteiger partial charge in [0.2, 0.25) is 0 Å². The first-order valence-electron chi connectivity index (χ1n) is 7.64. The van der Waals surface area contributed by atoms with E-state index in [0.29, 0.717) is 6.54 Å². The van der Waals surface area contributed by atoms with E-state index in [0.717, 1.165) is 38.8 Å². The minimum Gasteiger partial charge on any atom is -0.368 e. The van der Waals surface area contributed by atoms with E-state index in [4.69, 9.17) is 0 Å². The van der Waals surface area contributed by atoms with Gasteiger partial charge in [0, 0.05) is 38.8 Å². The number of pyridine rings is 1. The number of hydrogen-bond donors (Lipinski definition) is 1. The average molecular weight is 316 g/mol. The van der Waals surface area contributed by atoms with E-state index in [1.807, 2.05) is 0 Å². The van der Waals surface area contributed by atoms with E-state index < -0.39 is 11.9 Å². The molecule has 22 heavy (non-hydrogen) atoms. The van der Waals surface area contributed by atoms with Gasteiger partial charge in [-0.15, -0.1) is 0 Å². The molecule has 1 aromatic heterocycles. The molecule has 124 valence electrons. The molecule has 1 aliphatic rings. The topological polar surface area (TPSA) is 31.4 Å². The number of piperazine rings is 1. The average Bonchev–Trinajstić information content (AvgIpc) is 2.52. The van der Waals surface area contributed by atoms with Gasteiger partial charge in [0.1, 0.15) is 11.5 Å². The van der Waals surface area contributed by atoms with Crippen LogP contribution in [0, 0.1) is 0 Å². The van der Waals surface area contributed by atoms with Crippen LogP contribution in [0.2, 0.25) is 0 Å². The van der Waals surface area contributed by atoms with E-state index >= 15 is 0 Å². The number of anilines is 1. The summed E-state index contributed by atoms with van der Waals surface area (Å²) in [6, 6.07) is 4.19. The Bertz CT molecular complexity index is 470. The molecule has 2 rings (SSSR count). The number of rotatable bonds is 5. The monoisotopic (exact) mass is 316 g/mol.